The fourth-order valence-corrected chi connectivity index (χ4v) is 4.87. The highest BCUT2D eigenvalue weighted by Gasteiger charge is 2.30. The molecule has 1 heterocycles. The van der Waals surface area contributed by atoms with Crippen LogP contribution in [0.25, 0.3) is 0 Å². The highest BCUT2D eigenvalue weighted by Crippen LogP contribution is 2.29. The molecule has 2 rings (SSSR count). The Morgan fingerprint density at radius 2 is 1.76 bits per heavy atom. The second-order valence-corrected chi connectivity index (χ2v) is 8.47. The zero-order valence-corrected chi connectivity index (χ0v) is 15.0. The predicted molar refractivity (Wildman–Crippen MR) is 88.8 cm³/mol. The van der Waals surface area contributed by atoms with Crippen LogP contribution in [0.1, 0.15) is 19.4 Å². The molecule has 0 aliphatic carbocycles. The molecule has 5 nitrogen and oxygen atoms in total. The number of nitrogens with two attached hydrogens (primary N) is 1. The lowest BCUT2D eigenvalue weighted by atomic mass is 10.2. The first-order valence-electron chi connectivity index (χ1n) is 7.03. The zero-order chi connectivity index (χ0) is 15.8. The number of hydrogen-bond acceptors (Lipinski definition) is 4. The number of benzene rings is 1. The molecule has 1 aliphatic rings. The second-order valence-electron chi connectivity index (χ2n) is 5.65. The third kappa shape index (κ3) is 3.41. The van der Waals surface area contributed by atoms with E-state index in [-0.39, 0.29) is 0 Å². The smallest absolute Gasteiger partial charge is 0.243 e. The van der Waals surface area contributed by atoms with Gasteiger partial charge >= 0.3 is 0 Å². The van der Waals surface area contributed by atoms with E-state index in [9.17, 15) is 8.42 Å². The quantitative estimate of drug-likeness (QED) is 0.820. The molecule has 1 aromatic rings. The fourth-order valence-electron chi connectivity index (χ4n) is 2.54. The molecule has 118 valence electrons. The van der Waals surface area contributed by atoms with Crippen LogP contribution in [-0.4, -0.2) is 49.8 Å². The van der Waals surface area contributed by atoms with Gasteiger partial charge in [0.2, 0.25) is 10.0 Å². The van der Waals surface area contributed by atoms with Gasteiger partial charge < -0.3 is 5.73 Å². The van der Waals surface area contributed by atoms with E-state index in [1.807, 2.05) is 0 Å². The molecule has 21 heavy (non-hydrogen) atoms. The Kier molecular flexibility index (Phi) is 4.97. The lowest BCUT2D eigenvalue weighted by Crippen LogP contribution is -2.50. The van der Waals surface area contributed by atoms with Crippen LogP contribution in [0.3, 0.4) is 0 Å². The molecule has 0 spiro atoms. The van der Waals surface area contributed by atoms with E-state index in [1.165, 1.54) is 0 Å². The van der Waals surface area contributed by atoms with Crippen molar-refractivity contribution >= 4 is 31.6 Å². The normalized spacial score (nSPS) is 18.3. The van der Waals surface area contributed by atoms with Crippen molar-refractivity contribution in [1.29, 1.82) is 0 Å². The van der Waals surface area contributed by atoms with Gasteiger partial charge in [0.1, 0.15) is 0 Å². The lowest BCUT2D eigenvalue weighted by molar-refractivity contribution is 0.154. The average molecular weight is 376 g/mol. The van der Waals surface area contributed by atoms with Crippen molar-refractivity contribution in [1.82, 2.24) is 9.21 Å². The number of rotatable bonds is 3. The Morgan fingerprint density at radius 3 is 2.29 bits per heavy atom. The number of sulfonamides is 1. The molecule has 1 saturated heterocycles. The maximum Gasteiger partial charge on any atom is 0.243 e. The van der Waals surface area contributed by atoms with Crippen molar-refractivity contribution in [3.8, 4) is 0 Å². The highest BCUT2D eigenvalue weighted by molar-refractivity contribution is 9.10. The average Bonchev–Trinajstić information content (AvgIpc) is 2.42. The SMILES string of the molecule is Cc1c(N)cc(Br)cc1S(=O)(=O)N1CCN(C(C)C)CC1. The van der Waals surface area contributed by atoms with Crippen LogP contribution in [0.5, 0.6) is 0 Å². The van der Waals surface area contributed by atoms with Gasteiger partial charge in [0.25, 0.3) is 0 Å². The Bertz CT molecular complexity index is 623. The Labute approximate surface area is 135 Å². The van der Waals surface area contributed by atoms with Gasteiger partial charge in [0.05, 0.1) is 4.90 Å². The van der Waals surface area contributed by atoms with Crippen molar-refractivity contribution in [3.63, 3.8) is 0 Å². The minimum Gasteiger partial charge on any atom is -0.398 e. The molecule has 0 saturated carbocycles. The second kappa shape index (κ2) is 6.24. The van der Waals surface area contributed by atoms with E-state index in [2.05, 4.69) is 34.7 Å². The van der Waals surface area contributed by atoms with Crippen molar-refractivity contribution in [2.75, 3.05) is 31.9 Å². The molecule has 0 aromatic heterocycles. The van der Waals surface area contributed by atoms with Gasteiger partial charge in [0, 0.05) is 42.4 Å². The van der Waals surface area contributed by atoms with Crippen LogP contribution in [-0.2, 0) is 10.0 Å². The number of hydrogen-bond donors (Lipinski definition) is 1. The number of anilines is 1. The summed E-state index contributed by atoms with van der Waals surface area (Å²) < 4.78 is 27.9. The molecular weight excluding hydrogens is 354 g/mol. The van der Waals surface area contributed by atoms with E-state index >= 15 is 0 Å². The van der Waals surface area contributed by atoms with Crippen molar-refractivity contribution in [3.05, 3.63) is 22.2 Å². The monoisotopic (exact) mass is 375 g/mol. The molecule has 0 atom stereocenters. The van der Waals surface area contributed by atoms with Crippen LogP contribution in [0.2, 0.25) is 0 Å². The topological polar surface area (TPSA) is 66.6 Å². The van der Waals surface area contributed by atoms with E-state index < -0.39 is 10.0 Å². The zero-order valence-electron chi connectivity index (χ0n) is 12.6. The summed E-state index contributed by atoms with van der Waals surface area (Å²) >= 11 is 3.32. The number of nitrogen functional groups attached to an aromatic ring is 1. The highest BCUT2D eigenvalue weighted by atomic mass is 79.9. The Balaban J connectivity index is 2.28. The van der Waals surface area contributed by atoms with Gasteiger partial charge in [-0.1, -0.05) is 15.9 Å². The summed E-state index contributed by atoms with van der Waals surface area (Å²) in [7, 11) is -3.49. The summed E-state index contributed by atoms with van der Waals surface area (Å²) in [4.78, 5) is 2.58. The summed E-state index contributed by atoms with van der Waals surface area (Å²) in [5.41, 5.74) is 6.99. The minimum absolute atomic E-state index is 0.298. The summed E-state index contributed by atoms with van der Waals surface area (Å²) in [6.07, 6.45) is 0. The first kappa shape index (κ1) is 16.7. The Hall–Kier alpha value is -0.630. The van der Waals surface area contributed by atoms with Gasteiger partial charge in [-0.05, 0) is 38.5 Å². The first-order chi connectivity index (χ1) is 9.73. The summed E-state index contributed by atoms with van der Waals surface area (Å²) in [6.45, 7) is 8.57. The molecule has 0 bridgehead atoms. The molecule has 1 aliphatic heterocycles. The third-order valence-electron chi connectivity index (χ3n) is 3.99. The molecular formula is C14H22BrN3O2S. The lowest BCUT2D eigenvalue weighted by Gasteiger charge is -2.36. The molecule has 0 amide bonds. The summed E-state index contributed by atoms with van der Waals surface area (Å²) in [6, 6.07) is 3.80. The molecule has 0 radical (unpaired) electrons. The maximum atomic E-state index is 12.8. The van der Waals surface area contributed by atoms with Crippen molar-refractivity contribution in [2.24, 2.45) is 0 Å². The van der Waals surface area contributed by atoms with E-state index in [4.69, 9.17) is 5.73 Å². The predicted octanol–water partition coefficient (Wildman–Crippen LogP) is 2.05. The summed E-state index contributed by atoms with van der Waals surface area (Å²) in [5.74, 6) is 0. The largest absolute Gasteiger partial charge is 0.398 e. The molecule has 7 heteroatoms. The van der Waals surface area contributed by atoms with E-state index in [0.717, 1.165) is 13.1 Å². The number of piperazine rings is 1. The van der Waals surface area contributed by atoms with Crippen LogP contribution < -0.4 is 5.73 Å². The molecule has 2 N–H and O–H groups in total. The molecule has 1 fully saturated rings. The fraction of sp³-hybridized carbons (Fsp3) is 0.571. The van der Waals surface area contributed by atoms with Crippen LogP contribution in [0.4, 0.5) is 5.69 Å². The number of nitrogens with zero attached hydrogens (tertiary/aromatic N) is 2. The van der Waals surface area contributed by atoms with Gasteiger partial charge in [0.15, 0.2) is 0 Å². The van der Waals surface area contributed by atoms with Gasteiger partial charge in [-0.25, -0.2) is 8.42 Å². The summed E-state index contributed by atoms with van der Waals surface area (Å²) in [5, 5.41) is 0. The first-order valence-corrected chi connectivity index (χ1v) is 9.26. The van der Waals surface area contributed by atoms with E-state index in [1.54, 1.807) is 23.4 Å². The van der Waals surface area contributed by atoms with E-state index in [0.29, 0.717) is 39.8 Å². The van der Waals surface area contributed by atoms with Crippen LogP contribution in [0, 0.1) is 6.92 Å². The number of halogens is 1. The Morgan fingerprint density at radius 1 is 1.19 bits per heavy atom. The minimum atomic E-state index is -3.49. The van der Waals surface area contributed by atoms with Gasteiger partial charge in [-0.3, -0.25) is 4.90 Å². The maximum absolute atomic E-state index is 12.8. The van der Waals surface area contributed by atoms with Gasteiger partial charge in [-0.15, -0.1) is 0 Å². The van der Waals surface area contributed by atoms with Crippen LogP contribution in [0.15, 0.2) is 21.5 Å². The van der Waals surface area contributed by atoms with Crippen molar-refractivity contribution < 1.29 is 8.42 Å². The molecule has 0 unspecified atom stereocenters. The third-order valence-corrected chi connectivity index (χ3v) is 6.47. The standard InChI is InChI=1S/C14H22BrN3O2S/c1-10(2)17-4-6-18(7-5-17)21(19,20)14-9-12(15)8-13(16)11(14)3/h8-10H,4-7,16H2,1-3H3. The van der Waals surface area contributed by atoms with Crippen LogP contribution >= 0.6 is 15.9 Å². The van der Waals surface area contributed by atoms with Crippen molar-refractivity contribution in [2.45, 2.75) is 31.7 Å². The molecule has 1 aromatic carbocycles. The van der Waals surface area contributed by atoms with Gasteiger partial charge in [-0.2, -0.15) is 4.31 Å².